The molecule has 2 heterocycles. The second-order valence-electron chi connectivity index (χ2n) is 4.26. The van der Waals surface area contributed by atoms with Crippen molar-refractivity contribution in [2.24, 2.45) is 0 Å². The van der Waals surface area contributed by atoms with Crippen molar-refractivity contribution in [2.45, 2.75) is 31.7 Å². The van der Waals surface area contributed by atoms with Crippen LogP contribution in [0.1, 0.15) is 35.5 Å². The molecule has 17 heavy (non-hydrogen) atoms. The maximum Gasteiger partial charge on any atom is 0.175 e. The summed E-state index contributed by atoms with van der Waals surface area (Å²) in [7, 11) is 0. The van der Waals surface area contributed by atoms with Gasteiger partial charge < -0.3 is 25.7 Å². The summed E-state index contributed by atoms with van der Waals surface area (Å²) < 4.78 is 5.47. The van der Waals surface area contributed by atoms with Gasteiger partial charge in [-0.1, -0.05) is 0 Å². The maximum atomic E-state index is 11.2. The van der Waals surface area contributed by atoms with Crippen LogP contribution in [0.2, 0.25) is 0 Å². The van der Waals surface area contributed by atoms with Crippen molar-refractivity contribution in [3.8, 4) is 0 Å². The zero-order valence-electron chi connectivity index (χ0n) is 9.51. The molecule has 0 aromatic carbocycles. The Labute approximate surface area is 98.4 Å². The number of nitrogen functional groups attached to an aromatic ring is 1. The van der Waals surface area contributed by atoms with Crippen LogP contribution >= 0.6 is 0 Å². The van der Waals surface area contributed by atoms with E-state index < -0.39 is 12.2 Å². The molecule has 0 unspecified atom stereocenters. The molecule has 1 aromatic rings. The van der Waals surface area contributed by atoms with Crippen LogP contribution in [0.25, 0.3) is 0 Å². The normalized spacial score (nSPS) is 28.5. The van der Waals surface area contributed by atoms with Gasteiger partial charge >= 0.3 is 0 Å². The van der Waals surface area contributed by atoms with Gasteiger partial charge in [-0.15, -0.1) is 0 Å². The molecule has 2 rings (SSSR count). The molecule has 0 amide bonds. The van der Waals surface area contributed by atoms with E-state index in [-0.39, 0.29) is 18.5 Å². The summed E-state index contributed by atoms with van der Waals surface area (Å²) in [5.41, 5.74) is 6.84. The molecule has 94 valence electrons. The van der Waals surface area contributed by atoms with Gasteiger partial charge in [0.1, 0.15) is 11.9 Å². The number of Topliss-reactive ketones (excluding diaryl/α,β-unsaturated/α-hetero) is 1. The van der Waals surface area contributed by atoms with Gasteiger partial charge in [0, 0.05) is 18.9 Å². The third-order valence-corrected chi connectivity index (χ3v) is 3.01. The van der Waals surface area contributed by atoms with Crippen molar-refractivity contribution < 1.29 is 19.7 Å². The Morgan fingerprint density at radius 1 is 1.71 bits per heavy atom. The lowest BCUT2D eigenvalue weighted by molar-refractivity contribution is -0.0223. The Bertz CT molecular complexity index is 429. The van der Waals surface area contributed by atoms with Crippen LogP contribution in [0, 0.1) is 0 Å². The molecular weight excluding hydrogens is 224 g/mol. The number of hydrogen-bond acceptors (Lipinski definition) is 5. The number of H-pyrrole nitrogens is 1. The number of aliphatic hydroxyl groups excluding tert-OH is 2. The Morgan fingerprint density at radius 2 is 2.41 bits per heavy atom. The van der Waals surface area contributed by atoms with Gasteiger partial charge in [-0.25, -0.2) is 0 Å². The number of ketones is 1. The molecule has 0 spiro atoms. The fourth-order valence-electron chi connectivity index (χ4n) is 2.04. The standard InChI is InChI=1S/C11H16N2O4/c1-5(15)7-2-6(11(12)13-7)9-3-8(16)10(4-14)17-9/h2,8-10,13-14,16H,3-4,12H2,1H3/t8-,9-,10+/m0/s1. The van der Waals surface area contributed by atoms with Crippen LogP contribution in [-0.2, 0) is 4.74 Å². The molecule has 1 aromatic heterocycles. The Morgan fingerprint density at radius 3 is 2.88 bits per heavy atom. The Hall–Kier alpha value is -1.37. The second-order valence-corrected chi connectivity index (χ2v) is 4.26. The number of hydrogen-bond donors (Lipinski definition) is 4. The molecular formula is C11H16N2O4. The minimum atomic E-state index is -0.708. The van der Waals surface area contributed by atoms with Crippen LogP contribution in [0.15, 0.2) is 6.07 Å². The highest BCUT2D eigenvalue weighted by Crippen LogP contribution is 2.36. The number of aromatic amines is 1. The summed E-state index contributed by atoms with van der Waals surface area (Å²) in [6.07, 6.45) is -1.31. The summed E-state index contributed by atoms with van der Waals surface area (Å²) in [4.78, 5) is 14.0. The smallest absolute Gasteiger partial charge is 0.175 e. The van der Waals surface area contributed by atoms with E-state index in [1.165, 1.54) is 6.92 Å². The van der Waals surface area contributed by atoms with Crippen LogP contribution in [0.5, 0.6) is 0 Å². The third kappa shape index (κ3) is 2.19. The van der Waals surface area contributed by atoms with E-state index >= 15 is 0 Å². The number of carbonyl (C=O) groups excluding carboxylic acids is 1. The van der Waals surface area contributed by atoms with Crippen molar-refractivity contribution in [2.75, 3.05) is 12.3 Å². The first kappa shape index (κ1) is 12.1. The van der Waals surface area contributed by atoms with Gasteiger partial charge in [-0.2, -0.15) is 0 Å². The van der Waals surface area contributed by atoms with Crippen LogP contribution < -0.4 is 5.73 Å². The monoisotopic (exact) mass is 240 g/mol. The van der Waals surface area contributed by atoms with Crippen molar-refractivity contribution in [3.63, 3.8) is 0 Å². The topological polar surface area (TPSA) is 109 Å². The lowest BCUT2D eigenvalue weighted by atomic mass is 10.1. The highest BCUT2D eigenvalue weighted by molar-refractivity contribution is 5.93. The Kier molecular flexibility index (Phi) is 3.19. The molecule has 5 N–H and O–H groups in total. The predicted octanol–water partition coefficient (Wildman–Crippen LogP) is -0.0173. The van der Waals surface area contributed by atoms with Gasteiger partial charge in [0.05, 0.1) is 24.5 Å². The van der Waals surface area contributed by atoms with Crippen LogP contribution in [0.3, 0.4) is 0 Å². The maximum absolute atomic E-state index is 11.2. The molecule has 0 saturated carbocycles. The molecule has 1 aliphatic rings. The number of aromatic nitrogens is 1. The molecule has 6 nitrogen and oxygen atoms in total. The molecule has 0 radical (unpaired) electrons. The van der Waals surface area contributed by atoms with Gasteiger partial charge in [-0.05, 0) is 6.07 Å². The van der Waals surface area contributed by atoms with Gasteiger partial charge in [-0.3, -0.25) is 4.79 Å². The number of anilines is 1. The fourth-order valence-corrected chi connectivity index (χ4v) is 2.04. The minimum Gasteiger partial charge on any atom is -0.394 e. The van der Waals surface area contributed by atoms with E-state index in [4.69, 9.17) is 15.6 Å². The van der Waals surface area contributed by atoms with E-state index in [9.17, 15) is 9.90 Å². The van der Waals surface area contributed by atoms with Gasteiger partial charge in [0.25, 0.3) is 0 Å². The first-order valence-corrected chi connectivity index (χ1v) is 5.46. The number of carbonyl (C=O) groups is 1. The largest absolute Gasteiger partial charge is 0.394 e. The van der Waals surface area contributed by atoms with Gasteiger partial charge in [0.2, 0.25) is 0 Å². The fraction of sp³-hybridized carbons (Fsp3) is 0.545. The minimum absolute atomic E-state index is 0.111. The van der Waals surface area contributed by atoms with Crippen molar-refractivity contribution in [1.29, 1.82) is 0 Å². The van der Waals surface area contributed by atoms with Gasteiger partial charge in [0.15, 0.2) is 5.78 Å². The molecule has 1 saturated heterocycles. The van der Waals surface area contributed by atoms with E-state index in [2.05, 4.69) is 4.98 Å². The summed E-state index contributed by atoms with van der Waals surface area (Å²) in [5.74, 6) is 0.256. The highest BCUT2D eigenvalue weighted by atomic mass is 16.5. The summed E-state index contributed by atoms with van der Waals surface area (Å²) >= 11 is 0. The molecule has 1 fully saturated rings. The lowest BCUT2D eigenvalue weighted by Gasteiger charge is -2.11. The SMILES string of the molecule is CC(=O)c1cc([C@@H]2C[C@H](O)[C@@H](CO)O2)c(N)[nH]1. The number of nitrogens with two attached hydrogens (primary N) is 1. The quantitative estimate of drug-likeness (QED) is 0.555. The average Bonchev–Trinajstić information content (AvgIpc) is 2.81. The Balaban J connectivity index is 2.21. The van der Waals surface area contributed by atoms with Crippen molar-refractivity contribution in [3.05, 3.63) is 17.3 Å². The zero-order chi connectivity index (χ0) is 12.6. The average molecular weight is 240 g/mol. The van der Waals surface area contributed by atoms with E-state index in [0.717, 1.165) is 0 Å². The summed E-state index contributed by atoms with van der Waals surface area (Å²) in [5, 5.41) is 18.6. The molecule has 0 bridgehead atoms. The molecule has 0 aliphatic carbocycles. The highest BCUT2D eigenvalue weighted by Gasteiger charge is 2.35. The number of ether oxygens (including phenoxy) is 1. The zero-order valence-corrected chi connectivity index (χ0v) is 9.51. The van der Waals surface area contributed by atoms with Crippen LogP contribution in [0.4, 0.5) is 5.82 Å². The summed E-state index contributed by atoms with van der Waals surface area (Å²) in [6, 6.07) is 1.63. The number of rotatable bonds is 3. The number of nitrogens with one attached hydrogen (secondary N) is 1. The molecule has 6 heteroatoms. The lowest BCUT2D eigenvalue weighted by Crippen LogP contribution is -2.24. The summed E-state index contributed by atoms with van der Waals surface area (Å²) in [6.45, 7) is 1.21. The molecule has 1 aliphatic heterocycles. The van der Waals surface area contributed by atoms with Crippen molar-refractivity contribution >= 4 is 11.6 Å². The van der Waals surface area contributed by atoms with E-state index in [1.807, 2.05) is 0 Å². The van der Waals surface area contributed by atoms with E-state index in [0.29, 0.717) is 23.5 Å². The second kappa shape index (κ2) is 4.48. The number of aliphatic hydroxyl groups is 2. The molecule has 3 atom stereocenters. The first-order chi connectivity index (χ1) is 8.02. The predicted molar refractivity (Wildman–Crippen MR) is 60.5 cm³/mol. The van der Waals surface area contributed by atoms with E-state index in [1.54, 1.807) is 6.07 Å². The third-order valence-electron chi connectivity index (χ3n) is 3.01. The first-order valence-electron chi connectivity index (χ1n) is 5.46. The van der Waals surface area contributed by atoms with Crippen molar-refractivity contribution in [1.82, 2.24) is 4.98 Å². The van der Waals surface area contributed by atoms with Crippen LogP contribution in [-0.4, -0.2) is 39.8 Å².